The van der Waals surface area contributed by atoms with Crippen molar-refractivity contribution in [3.63, 3.8) is 0 Å². The van der Waals surface area contributed by atoms with E-state index in [1.54, 1.807) is 0 Å². The zero-order valence-electron chi connectivity index (χ0n) is 21.8. The lowest BCUT2D eigenvalue weighted by Crippen LogP contribution is -2.46. The molecule has 0 spiro atoms. The topological polar surface area (TPSA) is 59.0 Å². The molecular formula is C29H36N4O3. The van der Waals surface area contributed by atoms with Crippen molar-refractivity contribution in [1.29, 1.82) is 0 Å². The second-order valence-electron chi connectivity index (χ2n) is 9.71. The fourth-order valence-corrected chi connectivity index (χ4v) is 5.40. The van der Waals surface area contributed by atoms with Crippen LogP contribution in [0.3, 0.4) is 0 Å². The van der Waals surface area contributed by atoms with Crippen LogP contribution in [0.4, 0.5) is 5.69 Å². The molecule has 7 heteroatoms. The minimum absolute atomic E-state index is 0.0553. The van der Waals surface area contributed by atoms with Crippen molar-refractivity contribution in [2.75, 3.05) is 44.4 Å². The molecule has 7 nitrogen and oxygen atoms in total. The van der Waals surface area contributed by atoms with Crippen LogP contribution in [-0.4, -0.2) is 54.9 Å². The van der Waals surface area contributed by atoms with Crippen molar-refractivity contribution in [3.8, 4) is 11.5 Å². The summed E-state index contributed by atoms with van der Waals surface area (Å²) in [6, 6.07) is 14.2. The van der Waals surface area contributed by atoms with Crippen molar-refractivity contribution in [2.45, 2.75) is 40.8 Å². The third-order valence-corrected chi connectivity index (χ3v) is 7.56. The Hall–Kier alpha value is -3.45. The normalized spacial score (nSPS) is 15.4. The minimum Gasteiger partial charge on any atom is -0.454 e. The third-order valence-electron chi connectivity index (χ3n) is 7.56. The molecule has 1 fully saturated rings. The standard InChI is InChI=1S/C29H36N4O3/c1-5-31-12-14-32(15-13-31)27-21(3)28(33(22(27)4)18-24-9-7-6-8-20(24)2)29(34)30-17-23-10-11-25-26(16-23)36-19-35-25/h6-11,16H,5,12-15,17-19H2,1-4H3,(H,30,34). The van der Waals surface area contributed by atoms with Crippen molar-refractivity contribution in [1.82, 2.24) is 14.8 Å². The van der Waals surface area contributed by atoms with Crippen LogP contribution in [0.1, 0.15) is 45.4 Å². The van der Waals surface area contributed by atoms with Gasteiger partial charge in [-0.15, -0.1) is 0 Å². The van der Waals surface area contributed by atoms with Crippen LogP contribution in [0.25, 0.3) is 0 Å². The highest BCUT2D eigenvalue weighted by atomic mass is 16.7. The van der Waals surface area contributed by atoms with Crippen molar-refractivity contribution in [2.24, 2.45) is 0 Å². The number of amides is 1. The molecule has 2 aliphatic heterocycles. The van der Waals surface area contributed by atoms with Crippen LogP contribution in [-0.2, 0) is 13.1 Å². The Bertz CT molecular complexity index is 1260. The summed E-state index contributed by atoms with van der Waals surface area (Å²) in [4.78, 5) is 18.6. The van der Waals surface area contributed by atoms with E-state index in [4.69, 9.17) is 9.47 Å². The van der Waals surface area contributed by atoms with Gasteiger partial charge in [-0.05, 0) is 56.1 Å². The largest absolute Gasteiger partial charge is 0.454 e. The van der Waals surface area contributed by atoms with Gasteiger partial charge >= 0.3 is 0 Å². The van der Waals surface area contributed by atoms with Crippen LogP contribution in [0.2, 0.25) is 0 Å². The van der Waals surface area contributed by atoms with Gasteiger partial charge in [0.25, 0.3) is 5.91 Å². The summed E-state index contributed by atoms with van der Waals surface area (Å²) in [6.45, 7) is 15.0. The molecule has 36 heavy (non-hydrogen) atoms. The molecule has 0 radical (unpaired) electrons. The van der Waals surface area contributed by atoms with Gasteiger partial charge in [-0.25, -0.2) is 0 Å². The summed E-state index contributed by atoms with van der Waals surface area (Å²) in [5.41, 5.74) is 7.57. The summed E-state index contributed by atoms with van der Waals surface area (Å²) >= 11 is 0. The zero-order valence-corrected chi connectivity index (χ0v) is 21.8. The van der Waals surface area contributed by atoms with Crippen molar-refractivity contribution in [3.05, 3.63) is 76.1 Å². The number of benzene rings is 2. The summed E-state index contributed by atoms with van der Waals surface area (Å²) in [7, 11) is 0. The van der Waals surface area contributed by atoms with Gasteiger partial charge in [0.1, 0.15) is 5.69 Å². The molecule has 3 heterocycles. The minimum atomic E-state index is -0.0553. The highest BCUT2D eigenvalue weighted by Crippen LogP contribution is 2.34. The first-order chi connectivity index (χ1) is 17.5. The number of ether oxygens (including phenoxy) is 2. The Morgan fingerprint density at radius 2 is 1.72 bits per heavy atom. The summed E-state index contributed by atoms with van der Waals surface area (Å²) < 4.78 is 13.1. The maximum Gasteiger partial charge on any atom is 0.268 e. The van der Waals surface area contributed by atoms with Crippen LogP contribution >= 0.6 is 0 Å². The van der Waals surface area contributed by atoms with Gasteiger partial charge in [-0.2, -0.15) is 0 Å². The Balaban J connectivity index is 1.45. The molecule has 1 aromatic heterocycles. The number of likely N-dealkylation sites (N-methyl/N-ethyl adjacent to an activating group) is 1. The van der Waals surface area contributed by atoms with E-state index in [0.717, 1.165) is 66.7 Å². The van der Waals surface area contributed by atoms with Gasteiger partial charge < -0.3 is 29.2 Å². The number of rotatable bonds is 7. The predicted octanol–water partition coefficient (Wildman–Crippen LogP) is 4.26. The lowest BCUT2D eigenvalue weighted by molar-refractivity contribution is 0.0941. The average molecular weight is 489 g/mol. The lowest BCUT2D eigenvalue weighted by Gasteiger charge is -2.36. The molecule has 0 atom stereocenters. The van der Waals surface area contributed by atoms with Gasteiger partial charge in [0.05, 0.1) is 5.69 Å². The van der Waals surface area contributed by atoms with Gasteiger partial charge in [-0.3, -0.25) is 4.79 Å². The molecule has 3 aromatic rings. The number of piperazine rings is 1. The van der Waals surface area contributed by atoms with Crippen molar-refractivity contribution >= 4 is 11.6 Å². The first kappa shape index (κ1) is 24.3. The molecule has 0 saturated carbocycles. The maximum absolute atomic E-state index is 13.7. The van der Waals surface area contributed by atoms with Crippen molar-refractivity contribution < 1.29 is 14.3 Å². The van der Waals surface area contributed by atoms with E-state index in [0.29, 0.717) is 13.1 Å². The van der Waals surface area contributed by atoms with Crippen LogP contribution < -0.4 is 19.7 Å². The number of aryl methyl sites for hydroxylation is 1. The molecule has 2 aliphatic rings. The first-order valence-electron chi connectivity index (χ1n) is 12.8. The number of fused-ring (bicyclic) bond motifs is 1. The number of hydrogen-bond acceptors (Lipinski definition) is 5. The summed E-state index contributed by atoms with van der Waals surface area (Å²) in [6.07, 6.45) is 0. The zero-order chi connectivity index (χ0) is 25.2. The van der Waals surface area contributed by atoms with Crippen LogP contribution in [0, 0.1) is 20.8 Å². The predicted molar refractivity (Wildman–Crippen MR) is 142 cm³/mol. The van der Waals surface area contributed by atoms with Gasteiger partial charge in [0, 0.05) is 50.5 Å². The molecule has 1 N–H and O–H groups in total. The maximum atomic E-state index is 13.7. The number of nitrogens with zero attached hydrogens (tertiary/aromatic N) is 3. The van der Waals surface area contributed by atoms with E-state index >= 15 is 0 Å². The SMILES string of the molecule is CCN1CCN(c2c(C)c(C(=O)NCc3ccc4c(c3)OCO4)n(Cc3ccccc3C)c2C)CC1. The molecule has 1 amide bonds. The first-order valence-corrected chi connectivity index (χ1v) is 12.8. The Labute approximate surface area is 213 Å². The van der Waals surface area contributed by atoms with E-state index in [-0.39, 0.29) is 12.7 Å². The third kappa shape index (κ3) is 4.67. The fraction of sp³-hybridized carbons (Fsp3) is 0.414. The quantitative estimate of drug-likeness (QED) is 0.539. The highest BCUT2D eigenvalue weighted by molar-refractivity contribution is 5.96. The number of nitrogens with one attached hydrogen (secondary N) is 1. The molecule has 190 valence electrons. The van der Waals surface area contributed by atoms with Crippen LogP contribution in [0.15, 0.2) is 42.5 Å². The molecule has 0 bridgehead atoms. The molecule has 1 saturated heterocycles. The van der Waals surface area contributed by atoms with E-state index in [2.05, 4.69) is 71.6 Å². The van der Waals surface area contributed by atoms with Gasteiger partial charge in [0.15, 0.2) is 11.5 Å². The second kappa shape index (κ2) is 10.3. The smallest absolute Gasteiger partial charge is 0.268 e. The van der Waals surface area contributed by atoms with E-state index in [1.807, 2.05) is 18.2 Å². The molecule has 0 unspecified atom stereocenters. The second-order valence-corrected chi connectivity index (χ2v) is 9.71. The fourth-order valence-electron chi connectivity index (χ4n) is 5.40. The Morgan fingerprint density at radius 1 is 0.972 bits per heavy atom. The van der Waals surface area contributed by atoms with E-state index in [1.165, 1.54) is 16.8 Å². The molecule has 0 aliphatic carbocycles. The van der Waals surface area contributed by atoms with Gasteiger partial charge in [-0.1, -0.05) is 37.3 Å². The van der Waals surface area contributed by atoms with Crippen LogP contribution in [0.5, 0.6) is 11.5 Å². The van der Waals surface area contributed by atoms with E-state index < -0.39 is 0 Å². The number of carbonyl (C=O) groups excluding carboxylic acids is 1. The summed E-state index contributed by atoms with van der Waals surface area (Å²) in [5, 5.41) is 3.16. The van der Waals surface area contributed by atoms with E-state index in [9.17, 15) is 4.79 Å². The number of anilines is 1. The molecule has 5 rings (SSSR count). The van der Waals surface area contributed by atoms with Gasteiger partial charge in [0.2, 0.25) is 6.79 Å². The Kier molecular flexibility index (Phi) is 6.92. The monoisotopic (exact) mass is 488 g/mol. The highest BCUT2D eigenvalue weighted by Gasteiger charge is 2.28. The number of hydrogen-bond donors (Lipinski definition) is 1. The summed E-state index contributed by atoms with van der Waals surface area (Å²) in [5.74, 6) is 1.42. The number of carbonyl (C=O) groups is 1. The number of aromatic nitrogens is 1. The molecule has 2 aromatic carbocycles. The average Bonchev–Trinajstić information content (AvgIpc) is 3.45. The Morgan fingerprint density at radius 3 is 2.47 bits per heavy atom. The lowest BCUT2D eigenvalue weighted by atomic mass is 10.1. The molecular weight excluding hydrogens is 452 g/mol.